The van der Waals surface area contributed by atoms with Crippen molar-refractivity contribution in [1.29, 1.82) is 0 Å². The van der Waals surface area contributed by atoms with Gasteiger partial charge in [0.25, 0.3) is 0 Å². The van der Waals surface area contributed by atoms with Gasteiger partial charge in [0.15, 0.2) is 0 Å². The maximum absolute atomic E-state index is 5.99. The fourth-order valence-electron chi connectivity index (χ4n) is 3.37. The Bertz CT molecular complexity index is 628. The number of piperidine rings is 1. The fourth-order valence-corrected chi connectivity index (χ4v) is 3.37. The lowest BCUT2D eigenvalue weighted by Crippen LogP contribution is -2.49. The van der Waals surface area contributed by atoms with Crippen LogP contribution in [0.25, 0.3) is 10.8 Å². The number of fused-ring (bicyclic) bond motifs is 1. The van der Waals surface area contributed by atoms with E-state index in [1.807, 2.05) is 18.3 Å². The molecular formula is C17H23N3O. The molecule has 2 heterocycles. The molecule has 4 nitrogen and oxygen atoms in total. The molecule has 1 aliphatic heterocycles. The monoisotopic (exact) mass is 285 g/mol. The van der Waals surface area contributed by atoms with Crippen molar-refractivity contribution in [3.8, 4) is 5.75 Å². The average molecular weight is 285 g/mol. The molecule has 1 aliphatic rings. The third kappa shape index (κ3) is 2.56. The molecule has 21 heavy (non-hydrogen) atoms. The summed E-state index contributed by atoms with van der Waals surface area (Å²) in [6.45, 7) is 2.95. The van der Waals surface area contributed by atoms with E-state index in [0.717, 1.165) is 23.4 Å². The Kier molecular flexibility index (Phi) is 3.97. The molecule has 2 unspecified atom stereocenters. The van der Waals surface area contributed by atoms with Crippen molar-refractivity contribution in [1.82, 2.24) is 4.98 Å². The van der Waals surface area contributed by atoms with Crippen LogP contribution in [-0.2, 0) is 0 Å². The van der Waals surface area contributed by atoms with E-state index in [-0.39, 0.29) is 0 Å². The summed E-state index contributed by atoms with van der Waals surface area (Å²) in [7, 11) is 1.69. The zero-order chi connectivity index (χ0) is 14.8. The first-order chi connectivity index (χ1) is 10.2. The zero-order valence-corrected chi connectivity index (χ0v) is 12.7. The Morgan fingerprint density at radius 2 is 2.19 bits per heavy atom. The van der Waals surface area contributed by atoms with Gasteiger partial charge in [-0.25, -0.2) is 4.98 Å². The molecule has 2 aromatic rings. The normalized spacial score (nSPS) is 22.5. The highest BCUT2D eigenvalue weighted by atomic mass is 16.5. The number of methoxy groups -OCH3 is 1. The lowest BCUT2D eigenvalue weighted by Gasteiger charge is -2.41. The second-order valence-corrected chi connectivity index (χ2v) is 5.80. The first-order valence-electron chi connectivity index (χ1n) is 7.65. The number of hydrogen-bond donors (Lipinski definition) is 1. The van der Waals surface area contributed by atoms with E-state index >= 15 is 0 Å². The molecule has 2 N–H and O–H groups in total. The van der Waals surface area contributed by atoms with Gasteiger partial charge in [0.1, 0.15) is 11.6 Å². The van der Waals surface area contributed by atoms with Crippen LogP contribution in [0, 0.1) is 0 Å². The van der Waals surface area contributed by atoms with Crippen LogP contribution in [-0.4, -0.2) is 30.7 Å². The van der Waals surface area contributed by atoms with Crippen molar-refractivity contribution in [3.63, 3.8) is 0 Å². The van der Waals surface area contributed by atoms with Gasteiger partial charge in [-0.1, -0.05) is 0 Å². The predicted octanol–water partition coefficient (Wildman–Crippen LogP) is 2.95. The maximum atomic E-state index is 5.99. The molecule has 0 spiro atoms. The molecule has 112 valence electrons. The minimum Gasteiger partial charge on any atom is -0.497 e. The maximum Gasteiger partial charge on any atom is 0.136 e. The second kappa shape index (κ2) is 5.90. The van der Waals surface area contributed by atoms with E-state index in [1.165, 1.54) is 18.2 Å². The predicted molar refractivity (Wildman–Crippen MR) is 86.9 cm³/mol. The number of rotatable bonds is 3. The number of benzene rings is 1. The third-order valence-corrected chi connectivity index (χ3v) is 4.49. The lowest BCUT2D eigenvalue weighted by atomic mass is 9.95. The van der Waals surface area contributed by atoms with E-state index in [1.54, 1.807) is 7.11 Å². The van der Waals surface area contributed by atoms with Gasteiger partial charge in [-0.15, -0.1) is 0 Å². The van der Waals surface area contributed by atoms with E-state index < -0.39 is 0 Å². The average Bonchev–Trinajstić information content (AvgIpc) is 2.53. The number of ether oxygens (including phenoxy) is 1. The highest BCUT2D eigenvalue weighted by Crippen LogP contribution is 2.33. The van der Waals surface area contributed by atoms with Crippen LogP contribution in [0.2, 0.25) is 0 Å². The molecule has 2 atom stereocenters. The smallest absolute Gasteiger partial charge is 0.136 e. The second-order valence-electron chi connectivity index (χ2n) is 5.80. The van der Waals surface area contributed by atoms with E-state index in [2.05, 4.69) is 28.9 Å². The Morgan fingerprint density at radius 1 is 1.33 bits per heavy atom. The lowest BCUT2D eigenvalue weighted by molar-refractivity contribution is 0.399. The van der Waals surface area contributed by atoms with Crippen LogP contribution in [0.3, 0.4) is 0 Å². The SMILES string of the molecule is COc1ccc2c(N3C(C)CCCC3CN)nccc2c1. The van der Waals surface area contributed by atoms with Crippen molar-refractivity contribution in [3.05, 3.63) is 30.5 Å². The van der Waals surface area contributed by atoms with Gasteiger partial charge in [-0.05, 0) is 55.8 Å². The molecule has 1 saturated heterocycles. The number of aromatic nitrogens is 1. The summed E-state index contributed by atoms with van der Waals surface area (Å²) >= 11 is 0. The van der Waals surface area contributed by atoms with Crippen LogP contribution in [0.4, 0.5) is 5.82 Å². The Hall–Kier alpha value is -1.81. The van der Waals surface area contributed by atoms with E-state index in [9.17, 15) is 0 Å². The van der Waals surface area contributed by atoms with Crippen LogP contribution in [0.5, 0.6) is 5.75 Å². The molecule has 1 aromatic carbocycles. The summed E-state index contributed by atoms with van der Waals surface area (Å²) in [6, 6.07) is 9.06. The van der Waals surface area contributed by atoms with Crippen LogP contribution in [0.15, 0.2) is 30.5 Å². The quantitative estimate of drug-likeness (QED) is 0.942. The van der Waals surface area contributed by atoms with Crippen molar-refractivity contribution in [2.75, 3.05) is 18.6 Å². The standard InChI is InChI=1S/C17H23N3O/c1-12-4-3-5-14(11-18)20(12)17-16-7-6-15(21-2)10-13(16)8-9-19-17/h6-10,12,14H,3-5,11,18H2,1-2H3. The first kappa shape index (κ1) is 14.1. The van der Waals surface area contributed by atoms with Gasteiger partial charge in [0, 0.05) is 30.2 Å². The first-order valence-corrected chi connectivity index (χ1v) is 7.65. The highest BCUT2D eigenvalue weighted by Gasteiger charge is 2.29. The number of nitrogens with zero attached hydrogens (tertiary/aromatic N) is 2. The largest absolute Gasteiger partial charge is 0.497 e. The Morgan fingerprint density at radius 3 is 2.95 bits per heavy atom. The molecule has 1 fully saturated rings. The van der Waals surface area contributed by atoms with Gasteiger partial charge in [-0.2, -0.15) is 0 Å². The van der Waals surface area contributed by atoms with Gasteiger partial charge in [0.2, 0.25) is 0 Å². The molecule has 0 aliphatic carbocycles. The molecule has 1 aromatic heterocycles. The van der Waals surface area contributed by atoms with E-state index in [4.69, 9.17) is 10.5 Å². The highest BCUT2D eigenvalue weighted by molar-refractivity contribution is 5.93. The summed E-state index contributed by atoms with van der Waals surface area (Å²) < 4.78 is 5.32. The fraction of sp³-hybridized carbons (Fsp3) is 0.471. The van der Waals surface area contributed by atoms with Gasteiger partial charge in [0.05, 0.1) is 7.11 Å². The number of nitrogens with two attached hydrogens (primary N) is 1. The van der Waals surface area contributed by atoms with Crippen molar-refractivity contribution >= 4 is 16.6 Å². The van der Waals surface area contributed by atoms with Gasteiger partial charge >= 0.3 is 0 Å². The minimum atomic E-state index is 0.383. The molecule has 4 heteroatoms. The number of pyridine rings is 1. The van der Waals surface area contributed by atoms with Crippen molar-refractivity contribution < 1.29 is 4.74 Å². The summed E-state index contributed by atoms with van der Waals surface area (Å²) in [5.41, 5.74) is 5.99. The summed E-state index contributed by atoms with van der Waals surface area (Å²) in [4.78, 5) is 7.08. The topological polar surface area (TPSA) is 51.4 Å². The zero-order valence-electron chi connectivity index (χ0n) is 12.7. The molecule has 0 saturated carbocycles. The Balaban J connectivity index is 2.10. The Labute approximate surface area is 125 Å². The van der Waals surface area contributed by atoms with Crippen molar-refractivity contribution in [2.45, 2.75) is 38.3 Å². The van der Waals surface area contributed by atoms with E-state index in [0.29, 0.717) is 18.6 Å². The molecule has 0 bridgehead atoms. The molecule has 0 radical (unpaired) electrons. The third-order valence-electron chi connectivity index (χ3n) is 4.49. The van der Waals surface area contributed by atoms with Crippen LogP contribution >= 0.6 is 0 Å². The number of anilines is 1. The number of hydrogen-bond acceptors (Lipinski definition) is 4. The summed E-state index contributed by atoms with van der Waals surface area (Å²) in [5, 5.41) is 2.33. The van der Waals surface area contributed by atoms with Gasteiger partial charge in [-0.3, -0.25) is 0 Å². The molecule has 0 amide bonds. The van der Waals surface area contributed by atoms with Gasteiger partial charge < -0.3 is 15.4 Å². The summed E-state index contributed by atoms with van der Waals surface area (Å²) in [5.74, 6) is 1.93. The van der Waals surface area contributed by atoms with Crippen molar-refractivity contribution in [2.24, 2.45) is 5.73 Å². The molecule has 3 rings (SSSR count). The van der Waals surface area contributed by atoms with Crippen LogP contribution in [0.1, 0.15) is 26.2 Å². The van der Waals surface area contributed by atoms with Crippen LogP contribution < -0.4 is 15.4 Å². The minimum absolute atomic E-state index is 0.383. The molecular weight excluding hydrogens is 262 g/mol. The summed E-state index contributed by atoms with van der Waals surface area (Å²) in [6.07, 6.45) is 5.48.